The van der Waals surface area contributed by atoms with Gasteiger partial charge in [-0.15, -0.1) is 0 Å². The summed E-state index contributed by atoms with van der Waals surface area (Å²) in [5.74, 6) is 0. The Bertz CT molecular complexity index is 831. The van der Waals surface area contributed by atoms with Gasteiger partial charge in [0.2, 0.25) is 0 Å². The van der Waals surface area contributed by atoms with Gasteiger partial charge in [-0.3, -0.25) is 4.98 Å². The van der Waals surface area contributed by atoms with Crippen LogP contribution in [-0.2, 0) is 13.0 Å². The van der Waals surface area contributed by atoms with Crippen LogP contribution in [-0.4, -0.2) is 28.0 Å². The highest BCUT2D eigenvalue weighted by molar-refractivity contribution is 5.88. The van der Waals surface area contributed by atoms with Crippen LogP contribution in [0.5, 0.6) is 0 Å². The molecule has 24 heavy (non-hydrogen) atoms. The predicted octanol–water partition coefficient (Wildman–Crippen LogP) is 4.68. The Morgan fingerprint density at radius 2 is 1.83 bits per heavy atom. The maximum atomic E-state index is 4.37. The minimum Gasteiger partial charge on any atom is -0.320 e. The molecular weight excluding hydrogens is 294 g/mol. The monoisotopic (exact) mass is 319 g/mol. The van der Waals surface area contributed by atoms with E-state index in [1.165, 1.54) is 22.2 Å². The van der Waals surface area contributed by atoms with E-state index in [9.17, 15) is 0 Å². The molecular formula is C21H25N3. The zero-order valence-corrected chi connectivity index (χ0v) is 14.7. The fourth-order valence-corrected chi connectivity index (χ4v) is 3.27. The van der Waals surface area contributed by atoms with Crippen LogP contribution < -0.4 is 0 Å². The highest BCUT2D eigenvalue weighted by atomic mass is 15.1. The first-order chi connectivity index (χ1) is 11.8. The largest absolute Gasteiger partial charge is 0.320 e. The first-order valence-corrected chi connectivity index (χ1v) is 8.71. The summed E-state index contributed by atoms with van der Waals surface area (Å²) in [6.07, 6.45) is 7.17. The Labute approximate surface area is 144 Å². The lowest BCUT2D eigenvalue weighted by Crippen LogP contribution is -2.26. The molecule has 0 amide bonds. The third kappa shape index (κ3) is 3.13. The van der Waals surface area contributed by atoms with Crippen molar-refractivity contribution in [1.29, 1.82) is 0 Å². The van der Waals surface area contributed by atoms with Crippen molar-refractivity contribution in [3.63, 3.8) is 0 Å². The molecule has 3 heterocycles. The van der Waals surface area contributed by atoms with Crippen molar-refractivity contribution in [3.8, 4) is 0 Å². The standard InChI is InChI=1S/C19H19N3.C2H6/c1-21-12-10-19-17(14-21)16-7-2-3-8-18(16)22(19)13-9-15-6-4-5-11-20-15;1-2/h2-9,11,13H,10,12,14H2,1H3;1-2H3/b13-9+;. The molecule has 0 aliphatic carbocycles. The maximum Gasteiger partial charge on any atom is 0.0644 e. The summed E-state index contributed by atoms with van der Waals surface area (Å²) in [5, 5.41) is 1.37. The number of hydrogen-bond acceptors (Lipinski definition) is 2. The lowest BCUT2D eigenvalue weighted by atomic mass is 10.1. The molecule has 1 aliphatic rings. The predicted molar refractivity (Wildman–Crippen MR) is 103 cm³/mol. The number of likely N-dealkylation sites (N-methyl/N-ethyl adjacent to an activating group) is 1. The van der Waals surface area contributed by atoms with Crippen LogP contribution in [0, 0.1) is 0 Å². The van der Waals surface area contributed by atoms with E-state index in [0.717, 1.165) is 25.2 Å². The Hall–Kier alpha value is -2.39. The van der Waals surface area contributed by atoms with Gasteiger partial charge in [0.25, 0.3) is 0 Å². The summed E-state index contributed by atoms with van der Waals surface area (Å²) in [6, 6.07) is 14.7. The third-order valence-electron chi connectivity index (χ3n) is 4.37. The van der Waals surface area contributed by atoms with Gasteiger partial charge in [0, 0.05) is 43.0 Å². The molecule has 0 spiro atoms. The SMILES string of the molecule is CC.CN1CCc2c(c3ccccc3n2/C=C/c2ccccn2)C1. The Morgan fingerprint density at radius 1 is 1.04 bits per heavy atom. The van der Waals surface area contributed by atoms with Gasteiger partial charge < -0.3 is 9.47 Å². The number of nitrogens with zero attached hydrogens (tertiary/aromatic N) is 3. The second-order valence-electron chi connectivity index (χ2n) is 5.87. The van der Waals surface area contributed by atoms with Crippen LogP contribution >= 0.6 is 0 Å². The minimum atomic E-state index is 0.988. The number of rotatable bonds is 2. The maximum absolute atomic E-state index is 4.37. The molecule has 0 fully saturated rings. The Kier molecular flexibility index (Phi) is 5.11. The molecule has 0 saturated carbocycles. The van der Waals surface area contributed by atoms with Gasteiger partial charge in [-0.2, -0.15) is 0 Å². The van der Waals surface area contributed by atoms with Crippen LogP contribution in [0.3, 0.4) is 0 Å². The molecule has 1 aliphatic heterocycles. The normalized spacial score (nSPS) is 14.5. The van der Waals surface area contributed by atoms with Gasteiger partial charge in [0.05, 0.1) is 11.2 Å². The van der Waals surface area contributed by atoms with E-state index in [1.807, 2.05) is 38.2 Å². The van der Waals surface area contributed by atoms with Crippen LogP contribution in [0.15, 0.2) is 48.7 Å². The van der Waals surface area contributed by atoms with Gasteiger partial charge >= 0.3 is 0 Å². The number of para-hydroxylation sites is 1. The lowest BCUT2D eigenvalue weighted by Gasteiger charge is -2.23. The molecule has 0 bridgehead atoms. The van der Waals surface area contributed by atoms with Crippen LogP contribution in [0.25, 0.3) is 23.2 Å². The molecule has 4 rings (SSSR count). The zero-order valence-electron chi connectivity index (χ0n) is 14.7. The number of pyridine rings is 1. The van der Waals surface area contributed by atoms with Crippen LogP contribution in [0.2, 0.25) is 0 Å². The van der Waals surface area contributed by atoms with Gasteiger partial charge in [0.1, 0.15) is 0 Å². The zero-order chi connectivity index (χ0) is 16.9. The van der Waals surface area contributed by atoms with E-state index in [-0.39, 0.29) is 0 Å². The molecule has 0 atom stereocenters. The number of fused-ring (bicyclic) bond motifs is 3. The van der Waals surface area contributed by atoms with Gasteiger partial charge in [-0.25, -0.2) is 0 Å². The third-order valence-corrected chi connectivity index (χ3v) is 4.37. The highest BCUT2D eigenvalue weighted by Gasteiger charge is 2.20. The number of aromatic nitrogens is 2. The van der Waals surface area contributed by atoms with E-state index < -0.39 is 0 Å². The number of benzene rings is 1. The summed E-state index contributed by atoms with van der Waals surface area (Å²) in [6.45, 7) is 6.14. The van der Waals surface area contributed by atoms with Gasteiger partial charge in [-0.05, 0) is 36.9 Å². The first kappa shape index (κ1) is 16.5. The molecule has 3 aromatic rings. The molecule has 0 radical (unpaired) electrons. The van der Waals surface area contributed by atoms with Crippen LogP contribution in [0.1, 0.15) is 30.8 Å². The topological polar surface area (TPSA) is 21.1 Å². The summed E-state index contributed by atoms with van der Waals surface area (Å²) in [7, 11) is 2.19. The van der Waals surface area contributed by atoms with Crippen molar-refractivity contribution >= 4 is 23.2 Å². The molecule has 0 saturated heterocycles. The van der Waals surface area contributed by atoms with Crippen molar-refractivity contribution < 1.29 is 0 Å². The van der Waals surface area contributed by atoms with E-state index in [0.29, 0.717) is 0 Å². The summed E-state index contributed by atoms with van der Waals surface area (Å²) < 4.78 is 2.34. The first-order valence-electron chi connectivity index (χ1n) is 8.71. The van der Waals surface area contributed by atoms with Gasteiger partial charge in [0.15, 0.2) is 0 Å². The Balaban J connectivity index is 0.000000815. The van der Waals surface area contributed by atoms with E-state index >= 15 is 0 Å². The molecule has 3 nitrogen and oxygen atoms in total. The molecule has 0 unspecified atom stereocenters. The average molecular weight is 319 g/mol. The molecule has 0 N–H and O–H groups in total. The number of hydrogen-bond donors (Lipinski definition) is 0. The summed E-state index contributed by atoms with van der Waals surface area (Å²) >= 11 is 0. The van der Waals surface area contributed by atoms with Crippen molar-refractivity contribution in [1.82, 2.24) is 14.5 Å². The minimum absolute atomic E-state index is 0.988. The van der Waals surface area contributed by atoms with E-state index in [2.05, 4.69) is 58.0 Å². The van der Waals surface area contributed by atoms with Crippen molar-refractivity contribution in [3.05, 3.63) is 65.6 Å². The Morgan fingerprint density at radius 3 is 2.62 bits per heavy atom. The van der Waals surface area contributed by atoms with Gasteiger partial charge in [-0.1, -0.05) is 38.1 Å². The fourth-order valence-electron chi connectivity index (χ4n) is 3.27. The lowest BCUT2D eigenvalue weighted by molar-refractivity contribution is 0.312. The molecule has 124 valence electrons. The smallest absolute Gasteiger partial charge is 0.0644 e. The quantitative estimate of drug-likeness (QED) is 0.684. The van der Waals surface area contributed by atoms with E-state index in [1.54, 1.807) is 0 Å². The summed E-state index contributed by atoms with van der Waals surface area (Å²) in [5.41, 5.74) is 5.18. The fraction of sp³-hybridized carbons (Fsp3) is 0.286. The van der Waals surface area contributed by atoms with Crippen molar-refractivity contribution in [2.45, 2.75) is 26.8 Å². The second-order valence-corrected chi connectivity index (χ2v) is 5.87. The molecule has 1 aromatic carbocycles. The van der Waals surface area contributed by atoms with Crippen LogP contribution in [0.4, 0.5) is 0 Å². The van der Waals surface area contributed by atoms with Crippen molar-refractivity contribution in [2.24, 2.45) is 0 Å². The van der Waals surface area contributed by atoms with Crippen molar-refractivity contribution in [2.75, 3.05) is 13.6 Å². The average Bonchev–Trinajstić information content (AvgIpc) is 2.96. The second kappa shape index (κ2) is 7.45. The highest BCUT2D eigenvalue weighted by Crippen LogP contribution is 2.30. The molecule has 2 aromatic heterocycles. The molecule has 3 heteroatoms. The summed E-state index contributed by atoms with van der Waals surface area (Å²) in [4.78, 5) is 6.76. The van der Waals surface area contributed by atoms with E-state index in [4.69, 9.17) is 0 Å².